The van der Waals surface area contributed by atoms with Crippen LogP contribution in [0.4, 0.5) is 0 Å². The van der Waals surface area contributed by atoms with Gasteiger partial charge < -0.3 is 4.40 Å². The number of nitrogens with zero attached hydrogens (tertiary/aromatic N) is 3. The van der Waals surface area contributed by atoms with Gasteiger partial charge in [-0.25, -0.2) is 0 Å². The summed E-state index contributed by atoms with van der Waals surface area (Å²) in [5.41, 5.74) is 14.4. The van der Waals surface area contributed by atoms with E-state index in [-0.39, 0.29) is 0 Å². The number of hydrogen-bond acceptors (Lipinski definition) is 2. The molecule has 14 rings (SSSR count). The summed E-state index contributed by atoms with van der Waals surface area (Å²) in [7, 11) is 0. The number of benzene rings is 2. The second-order valence-electron chi connectivity index (χ2n) is 17.5. The van der Waals surface area contributed by atoms with Crippen molar-refractivity contribution >= 4 is 38.1 Å². The predicted molar refractivity (Wildman–Crippen MR) is 178 cm³/mol. The van der Waals surface area contributed by atoms with Crippen LogP contribution in [0.2, 0.25) is 0 Å². The molecular weight excluding hydrogens is 546 g/mol. The standard InChI is InChI=1S/C42H37N3/c1-2-4-20(5-3-1)21-10-30-36-32(18-43-38-24-8-28-12-26-6-22(34(36)38)14-41(26,28)16-24)45-33-19-44-39-25-9-29-13-27-7-23(15-42(27,29)17-25)35(39)37(33)31(11-21)40(30)45/h1-5,10-11,18-19,22-29H,6-9,12-17H2. The molecular formula is C42H37N3. The summed E-state index contributed by atoms with van der Waals surface area (Å²) in [4.78, 5) is 11.0. The van der Waals surface area contributed by atoms with Crippen molar-refractivity contribution < 1.29 is 0 Å². The number of fused-ring (bicyclic) bond motifs is 18. The maximum Gasteiger partial charge on any atom is 0.0728 e. The maximum absolute atomic E-state index is 5.48. The Morgan fingerprint density at radius 2 is 1.04 bits per heavy atom. The van der Waals surface area contributed by atoms with E-state index < -0.39 is 0 Å². The van der Waals surface area contributed by atoms with Gasteiger partial charge in [-0.3, -0.25) is 9.97 Å². The van der Waals surface area contributed by atoms with Crippen LogP contribution in [0.3, 0.4) is 0 Å². The van der Waals surface area contributed by atoms with E-state index >= 15 is 0 Å². The molecule has 10 atom stereocenters. The first kappa shape index (κ1) is 23.0. The van der Waals surface area contributed by atoms with Gasteiger partial charge in [0.1, 0.15) is 0 Å². The zero-order chi connectivity index (χ0) is 28.6. The van der Waals surface area contributed by atoms with Crippen LogP contribution >= 0.6 is 0 Å². The summed E-state index contributed by atoms with van der Waals surface area (Å²) < 4.78 is 2.65. The second kappa shape index (κ2) is 6.94. The average molecular weight is 584 g/mol. The van der Waals surface area contributed by atoms with Crippen molar-refractivity contribution in [2.45, 2.75) is 87.9 Å². The number of pyridine rings is 2. The highest BCUT2D eigenvalue weighted by Gasteiger charge is 2.67. The van der Waals surface area contributed by atoms with E-state index in [4.69, 9.17) is 9.97 Å². The number of aromatic nitrogens is 3. The van der Waals surface area contributed by atoms with Gasteiger partial charge in [0.05, 0.1) is 28.9 Å². The highest BCUT2D eigenvalue weighted by atomic mass is 15.0. The molecule has 0 N–H and O–H groups in total. The van der Waals surface area contributed by atoms with Gasteiger partial charge >= 0.3 is 0 Å². The first-order chi connectivity index (χ1) is 22.2. The van der Waals surface area contributed by atoms with Gasteiger partial charge in [-0.15, -0.1) is 0 Å². The third-order valence-electron chi connectivity index (χ3n) is 16.5. The molecule has 45 heavy (non-hydrogen) atoms. The van der Waals surface area contributed by atoms with Crippen LogP contribution in [0.15, 0.2) is 54.9 Å². The van der Waals surface area contributed by atoms with Gasteiger partial charge in [0.15, 0.2) is 0 Å². The van der Waals surface area contributed by atoms with Crippen LogP contribution in [-0.4, -0.2) is 14.4 Å². The molecule has 4 heterocycles. The third-order valence-corrected chi connectivity index (χ3v) is 16.5. The molecule has 2 spiro atoms. The maximum atomic E-state index is 5.48. The predicted octanol–water partition coefficient (Wildman–Crippen LogP) is 10.1. The summed E-state index contributed by atoms with van der Waals surface area (Å²) in [6.45, 7) is 0. The molecule has 8 aliphatic carbocycles. The lowest BCUT2D eigenvalue weighted by atomic mass is 9.56. The largest absolute Gasteiger partial charge is 0.305 e. The molecule has 6 bridgehead atoms. The normalized spacial score (nSPS) is 40.6. The molecule has 6 aromatic rings. The lowest BCUT2D eigenvalue weighted by molar-refractivity contribution is 0.00321. The van der Waals surface area contributed by atoms with Gasteiger partial charge in [-0.05, 0) is 145 Å². The summed E-state index contributed by atoms with van der Waals surface area (Å²) in [6, 6.07) is 16.4. The summed E-state index contributed by atoms with van der Waals surface area (Å²) in [6.07, 6.45) is 18.8. The van der Waals surface area contributed by atoms with Crippen molar-refractivity contribution in [2.75, 3.05) is 0 Å². The van der Waals surface area contributed by atoms with Gasteiger partial charge in [0, 0.05) is 44.8 Å². The van der Waals surface area contributed by atoms with Crippen molar-refractivity contribution in [1.82, 2.24) is 14.4 Å². The molecule has 2 aromatic carbocycles. The van der Waals surface area contributed by atoms with Gasteiger partial charge in [0.2, 0.25) is 0 Å². The van der Waals surface area contributed by atoms with Crippen molar-refractivity contribution in [3.8, 4) is 11.1 Å². The lowest BCUT2D eigenvalue weighted by Gasteiger charge is -2.48. The quantitative estimate of drug-likeness (QED) is 0.193. The van der Waals surface area contributed by atoms with Crippen molar-refractivity contribution in [2.24, 2.45) is 34.5 Å². The molecule has 0 radical (unpaired) electrons. The highest BCUT2D eigenvalue weighted by Crippen LogP contribution is 2.77. The molecule has 220 valence electrons. The lowest BCUT2D eigenvalue weighted by Crippen LogP contribution is -2.41. The van der Waals surface area contributed by atoms with E-state index in [1.807, 2.05) is 0 Å². The fourth-order valence-corrected chi connectivity index (χ4v) is 15.1. The Morgan fingerprint density at radius 3 is 1.58 bits per heavy atom. The van der Waals surface area contributed by atoms with E-state index in [1.54, 1.807) is 21.9 Å². The molecule has 8 aliphatic rings. The summed E-state index contributed by atoms with van der Waals surface area (Å²) in [5.74, 6) is 6.59. The summed E-state index contributed by atoms with van der Waals surface area (Å²) in [5, 5.41) is 6.05. The van der Waals surface area contributed by atoms with Crippen molar-refractivity contribution in [3.05, 3.63) is 77.4 Å². The van der Waals surface area contributed by atoms with Crippen LogP contribution in [0, 0.1) is 34.5 Å². The Labute approximate surface area is 262 Å². The van der Waals surface area contributed by atoms with Crippen LogP contribution in [0.1, 0.15) is 110 Å². The fraction of sp³-hybridized carbons (Fsp3) is 0.476. The van der Waals surface area contributed by atoms with E-state index in [9.17, 15) is 0 Å². The molecule has 6 saturated carbocycles. The van der Waals surface area contributed by atoms with Gasteiger partial charge in [-0.1, -0.05) is 30.3 Å². The number of rotatable bonds is 1. The van der Waals surface area contributed by atoms with Crippen molar-refractivity contribution in [1.29, 1.82) is 0 Å². The average Bonchev–Trinajstić information content (AvgIpc) is 3.84. The van der Waals surface area contributed by atoms with Crippen LogP contribution < -0.4 is 0 Å². The van der Waals surface area contributed by atoms with Crippen LogP contribution in [-0.2, 0) is 0 Å². The molecule has 3 nitrogen and oxygen atoms in total. The monoisotopic (exact) mass is 583 g/mol. The molecule has 0 saturated heterocycles. The summed E-state index contributed by atoms with van der Waals surface area (Å²) >= 11 is 0. The smallest absolute Gasteiger partial charge is 0.0728 e. The van der Waals surface area contributed by atoms with E-state index in [1.165, 1.54) is 114 Å². The minimum absolute atomic E-state index is 0.644. The van der Waals surface area contributed by atoms with Crippen LogP contribution in [0.25, 0.3) is 49.2 Å². The third kappa shape index (κ3) is 2.28. The molecule has 3 heteroatoms. The Hall–Kier alpha value is -3.46. The second-order valence-corrected chi connectivity index (χ2v) is 17.5. The Bertz CT molecular complexity index is 2230. The molecule has 6 fully saturated rings. The Kier molecular flexibility index (Phi) is 3.54. The fourth-order valence-electron chi connectivity index (χ4n) is 15.1. The number of hydrogen-bond donors (Lipinski definition) is 0. The molecule has 0 amide bonds. The van der Waals surface area contributed by atoms with E-state index in [0.29, 0.717) is 34.5 Å². The Morgan fingerprint density at radius 1 is 0.556 bits per heavy atom. The Balaban J connectivity index is 1.14. The SMILES string of the molecule is c1ccc(-c2cc3c4c5c(ncc4n4c6cnc7c(c6c(c2)c34)C2CC3CC4CC7CC43C2)C2CC3CC4CC5CC34C2)cc1. The zero-order valence-corrected chi connectivity index (χ0v) is 25.7. The first-order valence-electron chi connectivity index (χ1n) is 18.3. The minimum Gasteiger partial charge on any atom is -0.305 e. The van der Waals surface area contributed by atoms with Gasteiger partial charge in [-0.2, -0.15) is 0 Å². The molecule has 4 aromatic heterocycles. The molecule has 0 aliphatic heterocycles. The highest BCUT2D eigenvalue weighted by molar-refractivity contribution is 6.25. The minimum atomic E-state index is 0.644. The van der Waals surface area contributed by atoms with E-state index in [2.05, 4.69) is 59.3 Å². The van der Waals surface area contributed by atoms with Crippen LogP contribution in [0.5, 0.6) is 0 Å². The van der Waals surface area contributed by atoms with Crippen molar-refractivity contribution in [3.63, 3.8) is 0 Å². The molecule has 10 unspecified atom stereocenters. The topological polar surface area (TPSA) is 30.2 Å². The van der Waals surface area contributed by atoms with E-state index in [0.717, 1.165) is 23.7 Å². The zero-order valence-electron chi connectivity index (χ0n) is 25.7. The first-order valence-corrected chi connectivity index (χ1v) is 18.3. The van der Waals surface area contributed by atoms with Gasteiger partial charge in [0.25, 0.3) is 0 Å².